The number of carbonyl (C=O) groups excluding carboxylic acids is 2. The van der Waals surface area contributed by atoms with E-state index in [1.807, 2.05) is 35.2 Å². The van der Waals surface area contributed by atoms with Gasteiger partial charge in [0.1, 0.15) is 12.1 Å². The average Bonchev–Trinajstić information content (AvgIpc) is 2.81. The Hall–Kier alpha value is -2.66. The van der Waals surface area contributed by atoms with Gasteiger partial charge in [-0.15, -0.1) is 0 Å². The highest BCUT2D eigenvalue weighted by Crippen LogP contribution is 2.21. The maximum absolute atomic E-state index is 13.5. The number of nitrogens with two attached hydrogens (primary N) is 1. The predicted octanol–water partition coefficient (Wildman–Crippen LogP) is 0.250. The van der Waals surface area contributed by atoms with E-state index in [-0.39, 0.29) is 24.2 Å². The van der Waals surface area contributed by atoms with E-state index in [0.29, 0.717) is 38.5 Å². The van der Waals surface area contributed by atoms with Crippen LogP contribution in [0.1, 0.15) is 37.7 Å². The Bertz CT molecular complexity index is 963. The third kappa shape index (κ3) is 7.42. The molecule has 10 nitrogen and oxygen atoms in total. The molecule has 2 aliphatic heterocycles. The van der Waals surface area contributed by atoms with Gasteiger partial charge < -0.3 is 20.9 Å². The van der Waals surface area contributed by atoms with Gasteiger partial charge in [-0.1, -0.05) is 30.3 Å². The zero-order valence-corrected chi connectivity index (χ0v) is 20.5. The van der Waals surface area contributed by atoms with Gasteiger partial charge in [0.2, 0.25) is 21.8 Å². The number of nitrogens with zero attached hydrogens (tertiary/aromatic N) is 2. The van der Waals surface area contributed by atoms with Crippen LogP contribution in [0, 0.1) is 11.3 Å². The molecule has 5 N–H and O–H groups in total. The molecule has 3 rings (SSSR count). The monoisotopic (exact) mass is 492 g/mol. The van der Waals surface area contributed by atoms with Crippen LogP contribution in [-0.4, -0.2) is 80.5 Å². The molecule has 0 bridgehead atoms. The number of benzene rings is 1. The van der Waals surface area contributed by atoms with Gasteiger partial charge in [0.15, 0.2) is 5.96 Å². The van der Waals surface area contributed by atoms with Crippen LogP contribution in [-0.2, 0) is 26.0 Å². The Labute approximate surface area is 201 Å². The van der Waals surface area contributed by atoms with Crippen molar-refractivity contribution in [2.45, 2.75) is 50.6 Å². The number of hydrogen-bond donors (Lipinski definition) is 4. The number of rotatable bonds is 8. The highest BCUT2D eigenvalue weighted by molar-refractivity contribution is 7.88. The zero-order valence-electron chi connectivity index (χ0n) is 19.7. The predicted molar refractivity (Wildman–Crippen MR) is 130 cm³/mol. The molecule has 2 amide bonds. The highest BCUT2D eigenvalue weighted by atomic mass is 32.2. The molecule has 2 heterocycles. The third-order valence-electron chi connectivity index (χ3n) is 6.55. The minimum Gasteiger partial charge on any atom is -0.370 e. The van der Waals surface area contributed by atoms with Crippen molar-refractivity contribution in [3.63, 3.8) is 0 Å². The van der Waals surface area contributed by atoms with E-state index in [9.17, 15) is 18.0 Å². The molecule has 0 aliphatic carbocycles. The number of sulfonamides is 1. The van der Waals surface area contributed by atoms with Gasteiger partial charge >= 0.3 is 0 Å². The van der Waals surface area contributed by atoms with Crippen LogP contribution >= 0.6 is 0 Å². The Morgan fingerprint density at radius 1 is 1.12 bits per heavy atom. The molecule has 2 saturated heterocycles. The first-order valence-electron chi connectivity index (χ1n) is 11.8. The van der Waals surface area contributed by atoms with Crippen molar-refractivity contribution >= 4 is 27.8 Å². The smallest absolute Gasteiger partial charge is 0.242 e. The van der Waals surface area contributed by atoms with Gasteiger partial charge in [-0.3, -0.25) is 15.0 Å². The Morgan fingerprint density at radius 2 is 1.79 bits per heavy atom. The van der Waals surface area contributed by atoms with Crippen molar-refractivity contribution in [3.8, 4) is 0 Å². The Kier molecular flexibility index (Phi) is 8.90. The maximum atomic E-state index is 13.5. The average molecular weight is 493 g/mol. The summed E-state index contributed by atoms with van der Waals surface area (Å²) < 4.78 is 26.5. The summed E-state index contributed by atoms with van der Waals surface area (Å²) in [4.78, 5) is 29.9. The van der Waals surface area contributed by atoms with E-state index < -0.39 is 22.1 Å². The lowest BCUT2D eigenvalue weighted by atomic mass is 9.95. The lowest BCUT2D eigenvalue weighted by Gasteiger charge is -2.37. The zero-order chi connectivity index (χ0) is 24.7. The number of nitrogens with one attached hydrogen (secondary N) is 3. The number of piperidine rings is 2. The highest BCUT2D eigenvalue weighted by Gasteiger charge is 2.36. The number of likely N-dealkylation sites (tertiary alicyclic amines) is 2. The van der Waals surface area contributed by atoms with Crippen LogP contribution in [0.3, 0.4) is 0 Å². The summed E-state index contributed by atoms with van der Waals surface area (Å²) >= 11 is 0. The van der Waals surface area contributed by atoms with E-state index in [1.165, 1.54) is 0 Å². The third-order valence-corrected chi connectivity index (χ3v) is 7.26. The fraction of sp³-hybridized carbons (Fsp3) is 0.609. The summed E-state index contributed by atoms with van der Waals surface area (Å²) in [5.74, 6) is -0.194. The summed E-state index contributed by atoms with van der Waals surface area (Å²) in [7, 11) is -3.63. The lowest BCUT2D eigenvalue weighted by molar-refractivity contribution is -0.143. The number of amides is 2. The molecule has 34 heavy (non-hydrogen) atoms. The minimum atomic E-state index is -3.63. The fourth-order valence-corrected chi connectivity index (χ4v) is 5.40. The van der Waals surface area contributed by atoms with E-state index in [1.54, 1.807) is 4.90 Å². The molecule has 0 spiro atoms. The van der Waals surface area contributed by atoms with Crippen LogP contribution in [0.4, 0.5) is 0 Å². The van der Waals surface area contributed by atoms with Crippen LogP contribution in [0.25, 0.3) is 0 Å². The Balaban J connectivity index is 1.64. The molecule has 2 fully saturated rings. The quantitative estimate of drug-likeness (QED) is 0.302. The largest absolute Gasteiger partial charge is 0.370 e. The SMILES string of the molecule is CS(=O)(=O)N[C@H](Cc1ccccc1)C(=O)N1CCCCC1C(=O)NCC1CCN(C(=N)N)CC1. The maximum Gasteiger partial charge on any atom is 0.242 e. The second kappa shape index (κ2) is 11.7. The van der Waals surface area contributed by atoms with Crippen LogP contribution in [0.5, 0.6) is 0 Å². The molecule has 2 atom stereocenters. The molecular formula is C23H36N6O4S. The fourth-order valence-electron chi connectivity index (χ4n) is 4.70. The normalized spacial score (nSPS) is 20.6. The number of guanidine groups is 1. The van der Waals surface area contributed by atoms with Gasteiger partial charge in [0.25, 0.3) is 0 Å². The summed E-state index contributed by atoms with van der Waals surface area (Å²) in [5, 5.41) is 10.5. The van der Waals surface area contributed by atoms with Crippen molar-refractivity contribution in [3.05, 3.63) is 35.9 Å². The first kappa shape index (κ1) is 26.0. The molecule has 0 aromatic heterocycles. The molecule has 1 aromatic rings. The van der Waals surface area contributed by atoms with Gasteiger partial charge in [0, 0.05) is 26.2 Å². The van der Waals surface area contributed by atoms with Crippen molar-refractivity contribution in [1.29, 1.82) is 5.41 Å². The summed E-state index contributed by atoms with van der Waals surface area (Å²) in [5.41, 5.74) is 6.39. The molecule has 188 valence electrons. The summed E-state index contributed by atoms with van der Waals surface area (Å²) in [6.07, 6.45) is 5.09. The van der Waals surface area contributed by atoms with Crippen molar-refractivity contribution in [1.82, 2.24) is 19.8 Å². The second-order valence-electron chi connectivity index (χ2n) is 9.24. The topological polar surface area (TPSA) is 149 Å². The van der Waals surface area contributed by atoms with Crippen LogP contribution in [0.15, 0.2) is 30.3 Å². The molecule has 0 saturated carbocycles. The van der Waals surface area contributed by atoms with Gasteiger partial charge in [-0.25, -0.2) is 13.1 Å². The minimum absolute atomic E-state index is 0.0756. The van der Waals surface area contributed by atoms with E-state index in [4.69, 9.17) is 11.1 Å². The van der Waals surface area contributed by atoms with Crippen LogP contribution < -0.4 is 15.8 Å². The van der Waals surface area contributed by atoms with Gasteiger partial charge in [-0.2, -0.15) is 0 Å². The molecule has 1 unspecified atom stereocenters. The van der Waals surface area contributed by atoms with E-state index in [0.717, 1.165) is 37.5 Å². The standard InChI is InChI=1S/C23H36N6O4S/c1-34(32,33)27-19(15-17-7-3-2-4-8-17)22(31)29-12-6-5-9-20(29)21(30)26-16-18-10-13-28(14-11-18)23(24)25/h2-4,7-8,18-20,27H,5-6,9-16H2,1H3,(H3,24,25)(H,26,30)/t19-,20?/m1/s1. The van der Waals surface area contributed by atoms with E-state index in [2.05, 4.69) is 10.0 Å². The molecule has 0 radical (unpaired) electrons. The second-order valence-corrected chi connectivity index (χ2v) is 11.0. The summed E-state index contributed by atoms with van der Waals surface area (Å²) in [6.45, 7) is 2.33. The first-order chi connectivity index (χ1) is 16.1. The van der Waals surface area contributed by atoms with Crippen molar-refractivity contribution in [2.24, 2.45) is 11.7 Å². The molecular weight excluding hydrogens is 456 g/mol. The number of carbonyl (C=O) groups is 2. The van der Waals surface area contributed by atoms with Gasteiger partial charge in [0.05, 0.1) is 6.26 Å². The lowest BCUT2D eigenvalue weighted by Crippen LogP contribution is -2.58. The van der Waals surface area contributed by atoms with E-state index >= 15 is 0 Å². The molecule has 1 aromatic carbocycles. The molecule has 11 heteroatoms. The van der Waals surface area contributed by atoms with Crippen molar-refractivity contribution < 1.29 is 18.0 Å². The molecule has 2 aliphatic rings. The Morgan fingerprint density at radius 3 is 2.41 bits per heavy atom. The van der Waals surface area contributed by atoms with Crippen LogP contribution in [0.2, 0.25) is 0 Å². The van der Waals surface area contributed by atoms with Gasteiger partial charge in [-0.05, 0) is 50.0 Å². The first-order valence-corrected chi connectivity index (χ1v) is 13.7. The van der Waals surface area contributed by atoms with Crippen molar-refractivity contribution in [2.75, 3.05) is 32.4 Å². The summed E-state index contributed by atoms with van der Waals surface area (Å²) in [6, 6.07) is 7.66. The number of hydrogen-bond acceptors (Lipinski definition) is 5.